The Morgan fingerprint density at radius 1 is 1.14 bits per heavy atom. The van der Waals surface area contributed by atoms with Gasteiger partial charge in [0.2, 0.25) is 5.88 Å². The van der Waals surface area contributed by atoms with Crippen LogP contribution in [0.3, 0.4) is 0 Å². The molecule has 0 unspecified atom stereocenters. The number of nitrogens with zero attached hydrogens (tertiary/aromatic N) is 2. The molecule has 0 bridgehead atoms. The first-order valence-corrected chi connectivity index (χ1v) is 12.3. The first kappa shape index (κ1) is 22.6. The van der Waals surface area contributed by atoms with E-state index >= 15 is 0 Å². The predicted octanol–water partition coefficient (Wildman–Crippen LogP) is 6.74. The summed E-state index contributed by atoms with van der Waals surface area (Å²) < 4.78 is 18.0. The van der Waals surface area contributed by atoms with E-state index < -0.39 is 5.97 Å². The first-order chi connectivity index (χ1) is 17.5. The largest absolute Gasteiger partial charge is 0.478 e. The monoisotopic (exact) mass is 502 g/mol. The number of fused-ring (bicyclic) bond motifs is 2. The Balaban J connectivity index is 1.27. The number of carboxylic acid groups (broad SMARTS) is 1. The number of carboxylic acids is 1. The summed E-state index contributed by atoms with van der Waals surface area (Å²) in [6, 6.07) is 14.3. The molecule has 0 radical (unpaired) electrons. The van der Waals surface area contributed by atoms with Crippen LogP contribution in [0.4, 0.5) is 0 Å². The van der Waals surface area contributed by atoms with Gasteiger partial charge < -0.3 is 19.1 Å². The molecule has 8 heteroatoms. The van der Waals surface area contributed by atoms with Gasteiger partial charge in [0.25, 0.3) is 0 Å². The maximum absolute atomic E-state index is 11.4. The number of hydrogen-bond donors (Lipinski definition) is 1. The third-order valence-electron chi connectivity index (χ3n) is 6.66. The SMILES string of the molecule is Cc1cccc(Cl)c1-c1noc(C2CC2)c1COc1ccc2c(n1)CCc1ccc(C(=O)O)cc1O2. The molecule has 1 aliphatic carbocycles. The molecule has 0 atom stereocenters. The van der Waals surface area contributed by atoms with Gasteiger partial charge in [-0.3, -0.25) is 0 Å². The maximum atomic E-state index is 11.4. The molecule has 1 fully saturated rings. The highest BCUT2D eigenvalue weighted by Crippen LogP contribution is 2.45. The van der Waals surface area contributed by atoms with E-state index in [1.807, 2.05) is 31.2 Å². The van der Waals surface area contributed by atoms with Crippen LogP contribution in [-0.2, 0) is 19.4 Å². The fourth-order valence-electron chi connectivity index (χ4n) is 4.58. The minimum atomic E-state index is -0.988. The van der Waals surface area contributed by atoms with Crippen molar-refractivity contribution < 1.29 is 23.9 Å². The van der Waals surface area contributed by atoms with E-state index in [2.05, 4.69) is 5.16 Å². The van der Waals surface area contributed by atoms with Gasteiger partial charge in [0, 0.05) is 17.5 Å². The average Bonchev–Trinajstić information content (AvgIpc) is 3.65. The lowest BCUT2D eigenvalue weighted by atomic mass is 10.0. The van der Waals surface area contributed by atoms with E-state index in [1.54, 1.807) is 24.3 Å². The summed E-state index contributed by atoms with van der Waals surface area (Å²) in [6.07, 6.45) is 3.48. The van der Waals surface area contributed by atoms with Crippen LogP contribution >= 0.6 is 11.6 Å². The number of carbonyl (C=O) groups is 1. The van der Waals surface area contributed by atoms with Crippen LogP contribution in [0.5, 0.6) is 17.4 Å². The third-order valence-corrected chi connectivity index (χ3v) is 6.98. The topological polar surface area (TPSA) is 94.7 Å². The summed E-state index contributed by atoms with van der Waals surface area (Å²) >= 11 is 6.54. The van der Waals surface area contributed by atoms with E-state index in [4.69, 9.17) is 30.6 Å². The molecule has 2 aromatic carbocycles. The Hall–Kier alpha value is -3.84. The fourth-order valence-corrected chi connectivity index (χ4v) is 4.90. The molecule has 2 aliphatic rings. The Morgan fingerprint density at radius 2 is 2.00 bits per heavy atom. The smallest absolute Gasteiger partial charge is 0.335 e. The van der Waals surface area contributed by atoms with Gasteiger partial charge >= 0.3 is 5.97 Å². The average molecular weight is 503 g/mol. The quantitative estimate of drug-likeness (QED) is 0.312. The zero-order valence-corrected chi connectivity index (χ0v) is 20.3. The number of pyridine rings is 1. The van der Waals surface area contributed by atoms with Crippen molar-refractivity contribution in [3.05, 3.63) is 87.3 Å². The number of aromatic nitrogens is 2. The van der Waals surface area contributed by atoms with E-state index in [0.717, 1.165) is 46.5 Å². The number of halogens is 1. The lowest BCUT2D eigenvalue weighted by Crippen LogP contribution is -2.03. The highest BCUT2D eigenvalue weighted by molar-refractivity contribution is 6.33. The number of aromatic carboxylic acids is 1. The zero-order valence-electron chi connectivity index (χ0n) is 19.6. The van der Waals surface area contributed by atoms with E-state index in [1.165, 1.54) is 0 Å². The highest BCUT2D eigenvalue weighted by Gasteiger charge is 2.33. The molecule has 1 N–H and O–H groups in total. The molecule has 4 aromatic rings. The number of rotatable bonds is 6. The molecule has 3 heterocycles. The summed E-state index contributed by atoms with van der Waals surface area (Å²) in [5, 5.41) is 14.3. The molecule has 1 saturated carbocycles. The normalized spacial score (nSPS) is 14.4. The summed E-state index contributed by atoms with van der Waals surface area (Å²) in [5.41, 5.74) is 5.38. The van der Waals surface area contributed by atoms with Crippen molar-refractivity contribution in [3.63, 3.8) is 0 Å². The van der Waals surface area contributed by atoms with Gasteiger partial charge in [0.15, 0.2) is 0 Å². The lowest BCUT2D eigenvalue weighted by Gasteiger charge is -2.12. The summed E-state index contributed by atoms with van der Waals surface area (Å²) in [7, 11) is 0. The second-order valence-electron chi connectivity index (χ2n) is 9.19. The second kappa shape index (κ2) is 8.99. The van der Waals surface area contributed by atoms with Gasteiger partial charge in [0.1, 0.15) is 29.6 Å². The van der Waals surface area contributed by atoms with Crippen molar-refractivity contribution in [1.82, 2.24) is 10.1 Å². The molecule has 1 aliphatic heterocycles. The van der Waals surface area contributed by atoms with Crippen molar-refractivity contribution >= 4 is 17.6 Å². The van der Waals surface area contributed by atoms with Crippen LogP contribution in [0.15, 0.2) is 53.1 Å². The van der Waals surface area contributed by atoms with Gasteiger partial charge in [-0.2, -0.15) is 0 Å². The summed E-state index contributed by atoms with van der Waals surface area (Å²) in [6.45, 7) is 2.26. The van der Waals surface area contributed by atoms with Crippen molar-refractivity contribution in [1.29, 1.82) is 0 Å². The molecule has 7 nitrogen and oxygen atoms in total. The predicted molar refractivity (Wildman–Crippen MR) is 133 cm³/mol. The number of aryl methyl sites for hydroxylation is 3. The Kier molecular flexibility index (Phi) is 5.64. The summed E-state index contributed by atoms with van der Waals surface area (Å²) in [4.78, 5) is 16.1. The number of benzene rings is 2. The van der Waals surface area contributed by atoms with Crippen molar-refractivity contribution in [2.24, 2.45) is 0 Å². The van der Waals surface area contributed by atoms with Gasteiger partial charge in [0.05, 0.1) is 21.8 Å². The molecule has 0 amide bonds. The fraction of sp³-hybridized carbons (Fsp3) is 0.250. The second-order valence-corrected chi connectivity index (χ2v) is 9.60. The molecule has 0 saturated heterocycles. The minimum absolute atomic E-state index is 0.190. The van der Waals surface area contributed by atoms with Crippen LogP contribution in [-0.4, -0.2) is 21.2 Å². The van der Waals surface area contributed by atoms with Crippen LogP contribution < -0.4 is 9.47 Å². The Bertz CT molecular complexity index is 1470. The molecule has 36 heavy (non-hydrogen) atoms. The van der Waals surface area contributed by atoms with E-state index in [-0.39, 0.29) is 12.2 Å². The standard InChI is InChI=1S/C28H23ClN2O5/c1-15-3-2-4-20(29)25(15)26-19(27(36-31-26)17-6-7-17)14-34-24-12-11-22-21(30-24)10-9-16-5-8-18(28(32)33)13-23(16)35-22/h2-5,8,11-13,17H,6-7,9-10,14H2,1H3,(H,32,33). The summed E-state index contributed by atoms with van der Waals surface area (Å²) in [5.74, 6) is 1.84. The molecule has 182 valence electrons. The van der Waals surface area contributed by atoms with Crippen molar-refractivity contribution in [2.75, 3.05) is 0 Å². The van der Waals surface area contributed by atoms with Crippen molar-refractivity contribution in [2.45, 2.75) is 45.1 Å². The molecular weight excluding hydrogens is 480 g/mol. The van der Waals surface area contributed by atoms with Crippen LogP contribution in [0, 0.1) is 6.92 Å². The first-order valence-electron chi connectivity index (χ1n) is 11.9. The third kappa shape index (κ3) is 4.20. The Labute approximate surface area is 212 Å². The lowest BCUT2D eigenvalue weighted by molar-refractivity contribution is 0.0696. The zero-order chi connectivity index (χ0) is 24.8. The molecular formula is C28H23ClN2O5. The van der Waals surface area contributed by atoms with Crippen molar-refractivity contribution in [3.8, 4) is 28.6 Å². The van der Waals surface area contributed by atoms with Crippen LogP contribution in [0.1, 0.15) is 57.3 Å². The van der Waals surface area contributed by atoms with E-state index in [0.29, 0.717) is 46.9 Å². The minimum Gasteiger partial charge on any atom is -0.478 e. The molecule has 2 aromatic heterocycles. The van der Waals surface area contributed by atoms with E-state index in [9.17, 15) is 9.90 Å². The van der Waals surface area contributed by atoms with Crippen LogP contribution in [0.25, 0.3) is 11.3 Å². The highest BCUT2D eigenvalue weighted by atomic mass is 35.5. The maximum Gasteiger partial charge on any atom is 0.335 e. The van der Waals surface area contributed by atoms with Gasteiger partial charge in [-0.25, -0.2) is 9.78 Å². The van der Waals surface area contributed by atoms with Crippen LogP contribution in [0.2, 0.25) is 5.02 Å². The Morgan fingerprint density at radius 3 is 2.78 bits per heavy atom. The number of hydrogen-bond acceptors (Lipinski definition) is 6. The van der Waals surface area contributed by atoms with Gasteiger partial charge in [-0.1, -0.05) is 35.0 Å². The molecule has 6 rings (SSSR count). The van der Waals surface area contributed by atoms with Gasteiger partial charge in [-0.05, 0) is 68.0 Å². The van der Waals surface area contributed by atoms with Gasteiger partial charge in [-0.15, -0.1) is 0 Å². The molecule has 0 spiro atoms. The number of ether oxygens (including phenoxy) is 2.